The van der Waals surface area contributed by atoms with E-state index in [1.54, 1.807) is 7.11 Å². The quantitative estimate of drug-likeness (QED) is 0.832. The maximum absolute atomic E-state index is 12.9. The lowest BCUT2D eigenvalue weighted by Crippen LogP contribution is -2.53. The summed E-state index contributed by atoms with van der Waals surface area (Å²) in [7, 11) is 1.67. The van der Waals surface area contributed by atoms with E-state index in [0.717, 1.165) is 55.6 Å². The molecule has 0 saturated carbocycles. The van der Waals surface area contributed by atoms with E-state index in [-0.39, 0.29) is 17.2 Å². The molecule has 26 heavy (non-hydrogen) atoms. The summed E-state index contributed by atoms with van der Waals surface area (Å²) in [5, 5.41) is 0. The van der Waals surface area contributed by atoms with Gasteiger partial charge in [0.1, 0.15) is 0 Å². The average molecular weight is 358 g/mol. The Bertz CT molecular complexity index is 678. The van der Waals surface area contributed by atoms with Gasteiger partial charge >= 0.3 is 0 Å². The van der Waals surface area contributed by atoms with Gasteiger partial charge in [-0.25, -0.2) is 0 Å². The molecule has 2 heterocycles. The Morgan fingerprint density at radius 2 is 1.92 bits per heavy atom. The zero-order chi connectivity index (χ0) is 18.7. The molecule has 1 aromatic carbocycles. The number of methoxy groups -OCH3 is 1. The SMILES string of the molecule is COCCN1CC2(CCC1=O)CCN(C(=O)c1cc(C)ccc1C)CC2. The Labute approximate surface area is 156 Å². The molecule has 2 aliphatic rings. The highest BCUT2D eigenvalue weighted by molar-refractivity contribution is 5.96. The van der Waals surface area contributed by atoms with Gasteiger partial charge in [-0.05, 0) is 50.2 Å². The lowest BCUT2D eigenvalue weighted by atomic mass is 9.72. The van der Waals surface area contributed by atoms with Gasteiger partial charge in [-0.1, -0.05) is 17.7 Å². The van der Waals surface area contributed by atoms with E-state index in [9.17, 15) is 9.59 Å². The molecule has 2 aliphatic heterocycles. The molecular formula is C21H30N2O3. The Hall–Kier alpha value is -1.88. The van der Waals surface area contributed by atoms with Crippen molar-refractivity contribution in [3.63, 3.8) is 0 Å². The molecule has 142 valence electrons. The molecule has 2 amide bonds. The number of rotatable bonds is 4. The monoisotopic (exact) mass is 358 g/mol. The van der Waals surface area contributed by atoms with Gasteiger partial charge in [0.15, 0.2) is 0 Å². The number of ether oxygens (including phenoxy) is 1. The summed E-state index contributed by atoms with van der Waals surface area (Å²) >= 11 is 0. The first-order valence-electron chi connectivity index (χ1n) is 9.57. The minimum absolute atomic E-state index is 0.143. The topological polar surface area (TPSA) is 49.9 Å². The van der Waals surface area contributed by atoms with Crippen molar-refractivity contribution in [2.75, 3.05) is 39.9 Å². The predicted molar refractivity (Wildman–Crippen MR) is 101 cm³/mol. The summed E-state index contributed by atoms with van der Waals surface area (Å²) in [6.07, 6.45) is 3.51. The predicted octanol–water partition coefficient (Wildman–Crippen LogP) is 2.79. The van der Waals surface area contributed by atoms with Crippen molar-refractivity contribution in [2.45, 2.75) is 39.5 Å². The molecular weight excluding hydrogens is 328 g/mol. The molecule has 0 aliphatic carbocycles. The highest BCUT2D eigenvalue weighted by Crippen LogP contribution is 2.40. The molecule has 0 atom stereocenters. The molecule has 0 bridgehead atoms. The molecule has 0 radical (unpaired) electrons. The van der Waals surface area contributed by atoms with Crippen molar-refractivity contribution < 1.29 is 14.3 Å². The van der Waals surface area contributed by atoms with Crippen LogP contribution in [0.15, 0.2) is 18.2 Å². The van der Waals surface area contributed by atoms with Gasteiger partial charge in [0.25, 0.3) is 5.91 Å². The van der Waals surface area contributed by atoms with Gasteiger partial charge in [-0.15, -0.1) is 0 Å². The molecule has 0 unspecified atom stereocenters. The number of carbonyl (C=O) groups excluding carboxylic acids is 2. The van der Waals surface area contributed by atoms with Crippen molar-refractivity contribution >= 4 is 11.8 Å². The summed E-state index contributed by atoms with van der Waals surface area (Å²) in [6.45, 7) is 7.63. The van der Waals surface area contributed by atoms with Crippen LogP contribution in [0.25, 0.3) is 0 Å². The minimum Gasteiger partial charge on any atom is -0.383 e. The van der Waals surface area contributed by atoms with Gasteiger partial charge in [0, 0.05) is 45.3 Å². The highest BCUT2D eigenvalue weighted by Gasteiger charge is 2.41. The van der Waals surface area contributed by atoms with Crippen LogP contribution in [-0.2, 0) is 9.53 Å². The molecule has 3 rings (SSSR count). The van der Waals surface area contributed by atoms with Crippen molar-refractivity contribution in [3.05, 3.63) is 34.9 Å². The minimum atomic E-state index is 0.143. The van der Waals surface area contributed by atoms with Crippen molar-refractivity contribution in [2.24, 2.45) is 5.41 Å². The fourth-order valence-electron chi connectivity index (χ4n) is 4.24. The molecule has 1 spiro atoms. The van der Waals surface area contributed by atoms with Crippen LogP contribution in [-0.4, -0.2) is 61.5 Å². The fourth-order valence-corrected chi connectivity index (χ4v) is 4.24. The van der Waals surface area contributed by atoms with E-state index < -0.39 is 0 Å². The lowest BCUT2D eigenvalue weighted by molar-refractivity contribution is -0.139. The number of likely N-dealkylation sites (tertiary alicyclic amines) is 2. The third-order valence-corrected chi connectivity index (χ3v) is 6.05. The second-order valence-corrected chi connectivity index (χ2v) is 7.92. The average Bonchev–Trinajstić information content (AvgIpc) is 2.65. The van der Waals surface area contributed by atoms with Crippen LogP contribution in [0.3, 0.4) is 0 Å². The van der Waals surface area contributed by atoms with Crippen LogP contribution in [0.5, 0.6) is 0 Å². The number of hydrogen-bond donors (Lipinski definition) is 0. The van der Waals surface area contributed by atoms with Crippen LogP contribution in [0, 0.1) is 19.3 Å². The summed E-state index contributed by atoms with van der Waals surface area (Å²) in [4.78, 5) is 29.0. The zero-order valence-corrected chi connectivity index (χ0v) is 16.2. The number of hydrogen-bond acceptors (Lipinski definition) is 3. The first-order valence-corrected chi connectivity index (χ1v) is 9.57. The van der Waals surface area contributed by atoms with Gasteiger partial charge < -0.3 is 14.5 Å². The third-order valence-electron chi connectivity index (χ3n) is 6.05. The highest BCUT2D eigenvalue weighted by atomic mass is 16.5. The smallest absolute Gasteiger partial charge is 0.254 e. The van der Waals surface area contributed by atoms with Crippen LogP contribution in [0.1, 0.15) is 47.2 Å². The summed E-state index contributed by atoms with van der Waals surface area (Å²) in [5.74, 6) is 0.380. The standard InChI is InChI=1S/C21H30N2O3/c1-16-4-5-17(2)18(14-16)20(25)22-10-8-21(9-11-22)7-6-19(24)23(15-21)12-13-26-3/h4-5,14H,6-13,15H2,1-3H3. The largest absolute Gasteiger partial charge is 0.383 e. The third kappa shape index (κ3) is 3.93. The second-order valence-electron chi connectivity index (χ2n) is 7.92. The molecule has 5 heteroatoms. The molecule has 0 aromatic heterocycles. The van der Waals surface area contributed by atoms with E-state index in [2.05, 4.69) is 0 Å². The van der Waals surface area contributed by atoms with Crippen LogP contribution in [0.2, 0.25) is 0 Å². The number of amides is 2. The maximum atomic E-state index is 12.9. The summed E-state index contributed by atoms with van der Waals surface area (Å²) in [6, 6.07) is 6.06. The fraction of sp³-hybridized carbons (Fsp3) is 0.619. The van der Waals surface area contributed by atoms with Crippen LogP contribution in [0.4, 0.5) is 0 Å². The van der Waals surface area contributed by atoms with Gasteiger partial charge in [0.2, 0.25) is 5.91 Å². The van der Waals surface area contributed by atoms with Gasteiger partial charge in [-0.3, -0.25) is 9.59 Å². The van der Waals surface area contributed by atoms with Crippen molar-refractivity contribution in [1.29, 1.82) is 0 Å². The normalized spacial score (nSPS) is 19.9. The number of nitrogens with zero attached hydrogens (tertiary/aromatic N) is 2. The molecule has 2 fully saturated rings. The molecule has 2 saturated heterocycles. The van der Waals surface area contributed by atoms with E-state index in [0.29, 0.717) is 19.6 Å². The number of aryl methyl sites for hydroxylation is 2. The summed E-state index contributed by atoms with van der Waals surface area (Å²) in [5.41, 5.74) is 3.14. The summed E-state index contributed by atoms with van der Waals surface area (Å²) < 4.78 is 5.14. The van der Waals surface area contributed by atoms with Gasteiger partial charge in [-0.2, -0.15) is 0 Å². The Morgan fingerprint density at radius 3 is 2.62 bits per heavy atom. The van der Waals surface area contributed by atoms with Crippen LogP contribution >= 0.6 is 0 Å². The van der Waals surface area contributed by atoms with E-state index in [1.165, 1.54) is 0 Å². The van der Waals surface area contributed by atoms with E-state index in [4.69, 9.17) is 4.74 Å². The van der Waals surface area contributed by atoms with Gasteiger partial charge in [0.05, 0.1) is 6.61 Å². The first kappa shape index (κ1) is 18.9. The molecule has 1 aromatic rings. The van der Waals surface area contributed by atoms with Crippen molar-refractivity contribution in [3.8, 4) is 0 Å². The van der Waals surface area contributed by atoms with Crippen LogP contribution < -0.4 is 0 Å². The van der Waals surface area contributed by atoms with E-state index >= 15 is 0 Å². The Kier molecular flexibility index (Phi) is 5.66. The first-order chi connectivity index (χ1) is 12.4. The lowest BCUT2D eigenvalue weighted by Gasteiger charge is -2.47. The van der Waals surface area contributed by atoms with Crippen molar-refractivity contribution in [1.82, 2.24) is 9.80 Å². The number of piperidine rings is 2. The van der Waals surface area contributed by atoms with E-state index in [1.807, 2.05) is 41.8 Å². The second kappa shape index (κ2) is 7.78. The number of carbonyl (C=O) groups is 2. The molecule has 5 nitrogen and oxygen atoms in total. The zero-order valence-electron chi connectivity index (χ0n) is 16.2. The Morgan fingerprint density at radius 1 is 1.19 bits per heavy atom. The maximum Gasteiger partial charge on any atom is 0.254 e. The Balaban J connectivity index is 1.64. The molecule has 0 N–H and O–H groups in total. The number of benzene rings is 1.